The molecule has 3 rings (SSSR count). The molecule has 0 fully saturated rings. The van der Waals surface area contributed by atoms with Crippen LogP contribution in [0, 0.1) is 6.92 Å². The third kappa shape index (κ3) is 4.33. The van der Waals surface area contributed by atoms with Crippen LogP contribution in [-0.4, -0.2) is 24.6 Å². The van der Waals surface area contributed by atoms with E-state index in [4.69, 9.17) is 9.47 Å². The van der Waals surface area contributed by atoms with Crippen molar-refractivity contribution in [3.63, 3.8) is 0 Å². The zero-order valence-corrected chi connectivity index (χ0v) is 16.8. The van der Waals surface area contributed by atoms with Crippen molar-refractivity contribution in [2.45, 2.75) is 52.6 Å². The molecule has 5 nitrogen and oxygen atoms in total. The monoisotopic (exact) mass is 387 g/mol. The Morgan fingerprint density at radius 2 is 1.96 bits per heavy atom. The molecule has 144 valence electrons. The third-order valence-electron chi connectivity index (χ3n) is 4.65. The minimum Gasteiger partial charge on any atom is -0.481 e. The van der Waals surface area contributed by atoms with Gasteiger partial charge in [0.25, 0.3) is 5.91 Å². The summed E-state index contributed by atoms with van der Waals surface area (Å²) in [5, 5.41) is 3.47. The first-order valence-electron chi connectivity index (χ1n) is 9.36. The molecule has 1 N–H and O–H groups in total. The third-order valence-corrected chi connectivity index (χ3v) is 5.86. The second kappa shape index (κ2) is 8.57. The Kier molecular flexibility index (Phi) is 6.16. The molecule has 2 aromatic rings. The van der Waals surface area contributed by atoms with Crippen LogP contribution in [0.3, 0.4) is 0 Å². The number of fused-ring (bicyclic) bond motifs is 1. The summed E-state index contributed by atoms with van der Waals surface area (Å²) in [5.74, 6) is 0.0401. The number of esters is 1. The predicted molar refractivity (Wildman–Crippen MR) is 107 cm³/mol. The van der Waals surface area contributed by atoms with Gasteiger partial charge in [0.05, 0.1) is 12.2 Å². The summed E-state index contributed by atoms with van der Waals surface area (Å²) >= 11 is 1.48. The highest BCUT2D eigenvalue weighted by Gasteiger charge is 2.28. The number of carbonyl (C=O) groups excluding carboxylic acids is 2. The first-order valence-corrected chi connectivity index (χ1v) is 10.2. The van der Waals surface area contributed by atoms with Crippen molar-refractivity contribution in [3.8, 4) is 5.75 Å². The van der Waals surface area contributed by atoms with E-state index in [9.17, 15) is 9.59 Å². The smallest absolute Gasteiger partial charge is 0.341 e. The Labute approximate surface area is 163 Å². The molecule has 6 heteroatoms. The maximum absolute atomic E-state index is 12.7. The summed E-state index contributed by atoms with van der Waals surface area (Å²) in [6, 6.07) is 7.58. The summed E-state index contributed by atoms with van der Waals surface area (Å²) in [5.41, 5.74) is 2.52. The second-order valence-electron chi connectivity index (χ2n) is 6.65. The van der Waals surface area contributed by atoms with Crippen LogP contribution in [0.4, 0.5) is 5.00 Å². The van der Waals surface area contributed by atoms with Crippen LogP contribution < -0.4 is 10.1 Å². The van der Waals surface area contributed by atoms with Crippen molar-refractivity contribution in [1.82, 2.24) is 0 Å². The average molecular weight is 388 g/mol. The molecule has 1 aromatic carbocycles. The molecule has 1 unspecified atom stereocenters. The zero-order valence-electron chi connectivity index (χ0n) is 16.0. The SMILES string of the molecule is CCOC(=O)c1c(NC(=O)C(C)Oc2ccccc2C)sc2c1CCCC2. The number of hydrogen-bond donors (Lipinski definition) is 1. The van der Waals surface area contributed by atoms with E-state index in [1.165, 1.54) is 16.2 Å². The van der Waals surface area contributed by atoms with E-state index in [1.54, 1.807) is 13.8 Å². The molecule has 27 heavy (non-hydrogen) atoms. The number of carbonyl (C=O) groups is 2. The van der Waals surface area contributed by atoms with E-state index < -0.39 is 6.10 Å². The lowest BCUT2D eigenvalue weighted by Crippen LogP contribution is -2.30. The molecule has 0 bridgehead atoms. The van der Waals surface area contributed by atoms with Gasteiger partial charge in [0.15, 0.2) is 6.10 Å². The van der Waals surface area contributed by atoms with Crippen LogP contribution in [0.25, 0.3) is 0 Å². The highest BCUT2D eigenvalue weighted by Crippen LogP contribution is 2.38. The molecule has 1 aliphatic rings. The van der Waals surface area contributed by atoms with Gasteiger partial charge in [-0.2, -0.15) is 0 Å². The van der Waals surface area contributed by atoms with Crippen molar-refractivity contribution in [3.05, 3.63) is 45.8 Å². The van der Waals surface area contributed by atoms with E-state index in [2.05, 4.69) is 5.32 Å². The zero-order chi connectivity index (χ0) is 19.4. The fourth-order valence-electron chi connectivity index (χ4n) is 3.22. The molecule has 1 amide bonds. The Morgan fingerprint density at radius 3 is 2.70 bits per heavy atom. The lowest BCUT2D eigenvalue weighted by Gasteiger charge is -2.16. The van der Waals surface area contributed by atoms with Crippen LogP contribution in [0.15, 0.2) is 24.3 Å². The summed E-state index contributed by atoms with van der Waals surface area (Å²) < 4.78 is 11.0. The molecule has 1 aromatic heterocycles. The first kappa shape index (κ1) is 19.4. The van der Waals surface area contributed by atoms with E-state index in [0.29, 0.717) is 22.9 Å². The van der Waals surface area contributed by atoms with Gasteiger partial charge >= 0.3 is 5.97 Å². The highest BCUT2D eigenvalue weighted by atomic mass is 32.1. The number of hydrogen-bond acceptors (Lipinski definition) is 5. The quantitative estimate of drug-likeness (QED) is 0.740. The Morgan fingerprint density at radius 1 is 1.22 bits per heavy atom. The normalized spacial score (nSPS) is 14.2. The number of rotatable bonds is 6. The Hall–Kier alpha value is -2.34. The Bertz CT molecular complexity index is 843. The van der Waals surface area contributed by atoms with Crippen molar-refractivity contribution in [1.29, 1.82) is 0 Å². The van der Waals surface area contributed by atoms with Gasteiger partial charge < -0.3 is 14.8 Å². The summed E-state index contributed by atoms with van der Waals surface area (Å²) in [4.78, 5) is 26.4. The van der Waals surface area contributed by atoms with Gasteiger partial charge in [0.1, 0.15) is 10.8 Å². The Balaban J connectivity index is 1.80. The minimum atomic E-state index is -0.680. The lowest BCUT2D eigenvalue weighted by atomic mass is 9.95. The molecule has 0 radical (unpaired) electrons. The number of ether oxygens (including phenoxy) is 2. The maximum atomic E-state index is 12.7. The topological polar surface area (TPSA) is 64.6 Å². The molecule has 1 atom stereocenters. The van der Waals surface area contributed by atoms with Gasteiger partial charge in [0, 0.05) is 4.88 Å². The molecule has 1 heterocycles. The van der Waals surface area contributed by atoms with Gasteiger partial charge in [-0.05, 0) is 63.6 Å². The van der Waals surface area contributed by atoms with Crippen LogP contribution in [-0.2, 0) is 22.4 Å². The van der Waals surface area contributed by atoms with Gasteiger partial charge in [-0.15, -0.1) is 11.3 Å². The molecule has 0 aliphatic heterocycles. The molecule has 0 spiro atoms. The van der Waals surface area contributed by atoms with Crippen molar-refractivity contribution in [2.75, 3.05) is 11.9 Å². The summed E-state index contributed by atoms with van der Waals surface area (Å²) in [6.07, 6.45) is 3.27. The van der Waals surface area contributed by atoms with E-state index in [1.807, 2.05) is 31.2 Å². The maximum Gasteiger partial charge on any atom is 0.341 e. The average Bonchev–Trinajstić information content (AvgIpc) is 3.01. The molecular weight excluding hydrogens is 362 g/mol. The number of amides is 1. The molecule has 0 saturated carbocycles. The van der Waals surface area contributed by atoms with Crippen molar-refractivity contribution >= 4 is 28.2 Å². The van der Waals surface area contributed by atoms with E-state index in [-0.39, 0.29) is 11.9 Å². The fraction of sp³-hybridized carbons (Fsp3) is 0.429. The first-order chi connectivity index (χ1) is 13.0. The molecule has 1 aliphatic carbocycles. The van der Waals surface area contributed by atoms with Crippen LogP contribution in [0.1, 0.15) is 53.1 Å². The largest absolute Gasteiger partial charge is 0.481 e. The minimum absolute atomic E-state index is 0.276. The van der Waals surface area contributed by atoms with Crippen LogP contribution in [0.2, 0.25) is 0 Å². The molecular formula is C21H25NO4S. The number of aryl methyl sites for hydroxylation is 2. The van der Waals surface area contributed by atoms with Crippen molar-refractivity contribution in [2.24, 2.45) is 0 Å². The molecule has 0 saturated heterocycles. The van der Waals surface area contributed by atoms with Gasteiger partial charge in [0.2, 0.25) is 0 Å². The van der Waals surface area contributed by atoms with Crippen LogP contribution in [0.5, 0.6) is 5.75 Å². The number of nitrogens with one attached hydrogen (secondary N) is 1. The number of benzene rings is 1. The van der Waals surface area contributed by atoms with Gasteiger partial charge in [-0.25, -0.2) is 4.79 Å². The fourth-order valence-corrected chi connectivity index (χ4v) is 4.50. The summed E-state index contributed by atoms with van der Waals surface area (Å²) in [7, 11) is 0. The van der Waals surface area contributed by atoms with Gasteiger partial charge in [-0.1, -0.05) is 18.2 Å². The lowest BCUT2D eigenvalue weighted by molar-refractivity contribution is -0.122. The van der Waals surface area contributed by atoms with E-state index in [0.717, 1.165) is 36.8 Å². The number of thiophene rings is 1. The predicted octanol–water partition coefficient (Wildman–Crippen LogP) is 4.52. The van der Waals surface area contributed by atoms with Gasteiger partial charge in [-0.3, -0.25) is 4.79 Å². The van der Waals surface area contributed by atoms with Crippen molar-refractivity contribution < 1.29 is 19.1 Å². The summed E-state index contributed by atoms with van der Waals surface area (Å²) in [6.45, 7) is 5.74. The van der Waals surface area contributed by atoms with E-state index >= 15 is 0 Å². The van der Waals surface area contributed by atoms with Crippen LogP contribution >= 0.6 is 11.3 Å². The standard InChI is InChI=1S/C21H25NO4S/c1-4-25-21(24)18-15-10-6-8-12-17(15)27-20(18)22-19(23)14(3)26-16-11-7-5-9-13(16)2/h5,7,9,11,14H,4,6,8,10,12H2,1-3H3,(H,22,23). The highest BCUT2D eigenvalue weighted by molar-refractivity contribution is 7.17. The number of anilines is 1. The second-order valence-corrected chi connectivity index (χ2v) is 7.76. The number of para-hydroxylation sites is 1.